The predicted octanol–water partition coefficient (Wildman–Crippen LogP) is 3.77. The lowest BCUT2D eigenvalue weighted by Gasteiger charge is -2.10. The van der Waals surface area contributed by atoms with Gasteiger partial charge in [0.2, 0.25) is 0 Å². The smallest absolute Gasteiger partial charge is 0.0699 e. The van der Waals surface area contributed by atoms with E-state index in [1.165, 1.54) is 28.1 Å². The molecule has 19 heavy (non-hydrogen) atoms. The molecule has 0 amide bonds. The molecule has 0 atom stereocenters. The number of nitrogens with zero attached hydrogens (tertiary/aromatic N) is 2. The highest BCUT2D eigenvalue weighted by atomic mass is 15.3. The highest BCUT2D eigenvalue weighted by Gasteiger charge is 2.10. The molecular formula is C16H23N3. The summed E-state index contributed by atoms with van der Waals surface area (Å²) in [5, 5.41) is 8.02. The summed E-state index contributed by atoms with van der Waals surface area (Å²) in [5.41, 5.74) is 6.27. The van der Waals surface area contributed by atoms with Crippen LogP contribution < -0.4 is 5.32 Å². The van der Waals surface area contributed by atoms with Crippen molar-refractivity contribution in [3.8, 4) is 0 Å². The Balaban J connectivity index is 2.12. The first-order chi connectivity index (χ1) is 8.97. The number of aromatic nitrogens is 2. The SMILES string of the molecule is Cc1ccc(NCc2cn(C)nc2C(C)C)cc1C. The van der Waals surface area contributed by atoms with Crippen LogP contribution in [0.4, 0.5) is 5.69 Å². The highest BCUT2D eigenvalue weighted by molar-refractivity contribution is 5.48. The van der Waals surface area contributed by atoms with Crippen LogP contribution in [-0.4, -0.2) is 9.78 Å². The van der Waals surface area contributed by atoms with Crippen LogP contribution in [0.25, 0.3) is 0 Å². The minimum absolute atomic E-state index is 0.456. The minimum atomic E-state index is 0.456. The summed E-state index contributed by atoms with van der Waals surface area (Å²) in [6, 6.07) is 6.48. The third kappa shape index (κ3) is 3.16. The molecule has 0 saturated heterocycles. The van der Waals surface area contributed by atoms with Gasteiger partial charge in [0, 0.05) is 31.0 Å². The third-order valence-electron chi connectivity index (χ3n) is 3.47. The molecule has 0 aliphatic carbocycles. The number of hydrogen-bond donors (Lipinski definition) is 1. The van der Waals surface area contributed by atoms with E-state index in [1.807, 2.05) is 11.7 Å². The van der Waals surface area contributed by atoms with Crippen molar-refractivity contribution in [3.63, 3.8) is 0 Å². The standard InChI is InChI=1S/C16H23N3/c1-11(2)16-14(10-19(5)18-16)9-17-15-7-6-12(3)13(4)8-15/h6-8,10-11,17H,9H2,1-5H3. The average molecular weight is 257 g/mol. The quantitative estimate of drug-likeness (QED) is 0.903. The molecule has 1 N–H and O–H groups in total. The van der Waals surface area contributed by atoms with Gasteiger partial charge in [0.1, 0.15) is 0 Å². The van der Waals surface area contributed by atoms with E-state index in [9.17, 15) is 0 Å². The summed E-state index contributed by atoms with van der Waals surface area (Å²) in [5.74, 6) is 0.456. The molecule has 102 valence electrons. The second-order valence-electron chi connectivity index (χ2n) is 5.52. The molecule has 1 aromatic carbocycles. The summed E-state index contributed by atoms with van der Waals surface area (Å²) in [6.45, 7) is 9.47. The van der Waals surface area contributed by atoms with Gasteiger partial charge in [0.25, 0.3) is 0 Å². The molecule has 0 bridgehead atoms. The molecule has 0 fully saturated rings. The lowest BCUT2D eigenvalue weighted by Crippen LogP contribution is -2.03. The van der Waals surface area contributed by atoms with Crippen molar-refractivity contribution in [2.75, 3.05) is 5.32 Å². The Morgan fingerprint density at radius 2 is 1.95 bits per heavy atom. The molecule has 1 aromatic heterocycles. The maximum Gasteiger partial charge on any atom is 0.0699 e. The van der Waals surface area contributed by atoms with Gasteiger partial charge in [-0.3, -0.25) is 4.68 Å². The van der Waals surface area contributed by atoms with Crippen molar-refractivity contribution in [1.82, 2.24) is 9.78 Å². The van der Waals surface area contributed by atoms with Crippen LogP contribution in [-0.2, 0) is 13.6 Å². The maximum atomic E-state index is 4.53. The number of hydrogen-bond acceptors (Lipinski definition) is 2. The average Bonchev–Trinajstić information content (AvgIpc) is 2.72. The summed E-state index contributed by atoms with van der Waals surface area (Å²) < 4.78 is 1.90. The van der Waals surface area contributed by atoms with Gasteiger partial charge in [0.15, 0.2) is 0 Å². The van der Waals surface area contributed by atoms with Crippen LogP contribution in [0.1, 0.15) is 42.1 Å². The Bertz CT molecular complexity index is 567. The Kier molecular flexibility index (Phi) is 3.93. The van der Waals surface area contributed by atoms with Crippen molar-refractivity contribution in [1.29, 1.82) is 0 Å². The monoisotopic (exact) mass is 257 g/mol. The first kappa shape index (κ1) is 13.7. The molecule has 0 saturated carbocycles. The molecule has 0 unspecified atom stereocenters. The Morgan fingerprint density at radius 1 is 1.21 bits per heavy atom. The van der Waals surface area contributed by atoms with Crippen LogP contribution in [0.2, 0.25) is 0 Å². The van der Waals surface area contributed by atoms with Gasteiger partial charge in [-0.05, 0) is 43.0 Å². The maximum absolute atomic E-state index is 4.53. The van der Waals surface area contributed by atoms with Gasteiger partial charge in [-0.1, -0.05) is 19.9 Å². The van der Waals surface area contributed by atoms with Gasteiger partial charge >= 0.3 is 0 Å². The van der Waals surface area contributed by atoms with Crippen LogP contribution in [0.15, 0.2) is 24.4 Å². The molecular weight excluding hydrogens is 234 g/mol. The second-order valence-corrected chi connectivity index (χ2v) is 5.52. The lowest BCUT2D eigenvalue weighted by molar-refractivity contribution is 0.712. The molecule has 0 spiro atoms. The van der Waals surface area contributed by atoms with Crippen molar-refractivity contribution in [2.45, 2.75) is 40.2 Å². The summed E-state index contributed by atoms with van der Waals surface area (Å²) in [4.78, 5) is 0. The number of anilines is 1. The molecule has 2 aromatic rings. The summed E-state index contributed by atoms with van der Waals surface area (Å²) in [7, 11) is 1.98. The normalized spacial score (nSPS) is 11.1. The number of aryl methyl sites for hydroxylation is 3. The van der Waals surface area contributed by atoms with Gasteiger partial charge < -0.3 is 5.32 Å². The second kappa shape index (κ2) is 5.47. The van der Waals surface area contributed by atoms with E-state index in [-0.39, 0.29) is 0 Å². The number of nitrogens with one attached hydrogen (secondary N) is 1. The molecule has 0 aliphatic heterocycles. The van der Waals surface area contributed by atoms with E-state index in [4.69, 9.17) is 0 Å². The van der Waals surface area contributed by atoms with Crippen molar-refractivity contribution in [2.24, 2.45) is 7.05 Å². The van der Waals surface area contributed by atoms with E-state index in [2.05, 4.69) is 62.5 Å². The fourth-order valence-electron chi connectivity index (χ4n) is 2.23. The zero-order valence-electron chi connectivity index (χ0n) is 12.5. The largest absolute Gasteiger partial charge is 0.381 e. The summed E-state index contributed by atoms with van der Waals surface area (Å²) >= 11 is 0. The fraction of sp³-hybridized carbons (Fsp3) is 0.438. The van der Waals surface area contributed by atoms with E-state index in [0.29, 0.717) is 5.92 Å². The lowest BCUT2D eigenvalue weighted by atomic mass is 10.1. The topological polar surface area (TPSA) is 29.9 Å². The molecule has 3 nitrogen and oxygen atoms in total. The zero-order chi connectivity index (χ0) is 14.0. The molecule has 1 heterocycles. The van der Waals surface area contributed by atoms with Crippen LogP contribution >= 0.6 is 0 Å². The van der Waals surface area contributed by atoms with Crippen molar-refractivity contribution >= 4 is 5.69 Å². The van der Waals surface area contributed by atoms with E-state index < -0.39 is 0 Å². The Hall–Kier alpha value is -1.77. The van der Waals surface area contributed by atoms with Crippen LogP contribution in [0.3, 0.4) is 0 Å². The Labute approximate surface area is 115 Å². The highest BCUT2D eigenvalue weighted by Crippen LogP contribution is 2.20. The van der Waals surface area contributed by atoms with Crippen LogP contribution in [0.5, 0.6) is 0 Å². The third-order valence-corrected chi connectivity index (χ3v) is 3.47. The molecule has 3 heteroatoms. The molecule has 0 radical (unpaired) electrons. The molecule has 0 aliphatic rings. The summed E-state index contributed by atoms with van der Waals surface area (Å²) in [6.07, 6.45) is 2.10. The van der Waals surface area contributed by atoms with Gasteiger partial charge in [-0.15, -0.1) is 0 Å². The number of rotatable bonds is 4. The van der Waals surface area contributed by atoms with Crippen LogP contribution in [0, 0.1) is 13.8 Å². The number of benzene rings is 1. The van der Waals surface area contributed by atoms with E-state index in [1.54, 1.807) is 0 Å². The zero-order valence-corrected chi connectivity index (χ0v) is 12.5. The fourth-order valence-corrected chi connectivity index (χ4v) is 2.23. The molecule has 2 rings (SSSR count). The Morgan fingerprint density at radius 3 is 2.58 bits per heavy atom. The van der Waals surface area contributed by atoms with Gasteiger partial charge in [0.05, 0.1) is 5.69 Å². The van der Waals surface area contributed by atoms with Crippen molar-refractivity contribution < 1.29 is 0 Å². The van der Waals surface area contributed by atoms with E-state index in [0.717, 1.165) is 6.54 Å². The minimum Gasteiger partial charge on any atom is -0.381 e. The van der Waals surface area contributed by atoms with Gasteiger partial charge in [-0.2, -0.15) is 5.10 Å². The first-order valence-corrected chi connectivity index (χ1v) is 6.81. The predicted molar refractivity (Wildman–Crippen MR) is 80.5 cm³/mol. The first-order valence-electron chi connectivity index (χ1n) is 6.81. The van der Waals surface area contributed by atoms with Crippen molar-refractivity contribution in [3.05, 3.63) is 46.8 Å². The van der Waals surface area contributed by atoms with E-state index >= 15 is 0 Å². The van der Waals surface area contributed by atoms with Gasteiger partial charge in [-0.25, -0.2) is 0 Å².